The van der Waals surface area contributed by atoms with Crippen molar-refractivity contribution in [1.29, 1.82) is 0 Å². The van der Waals surface area contributed by atoms with Crippen molar-refractivity contribution in [2.75, 3.05) is 32.8 Å². The minimum Gasteiger partial charge on any atom is -0.459 e. The van der Waals surface area contributed by atoms with Crippen molar-refractivity contribution in [1.82, 2.24) is 16.0 Å². The maximum atomic E-state index is 12.0. The van der Waals surface area contributed by atoms with E-state index in [0.29, 0.717) is 25.0 Å². The lowest BCUT2D eigenvalue weighted by molar-refractivity contribution is 0.0277. The van der Waals surface area contributed by atoms with Crippen molar-refractivity contribution in [2.24, 2.45) is 4.99 Å². The molecule has 1 aliphatic rings. The number of hydrogen-bond acceptors (Lipinski definition) is 4. The fourth-order valence-electron chi connectivity index (χ4n) is 3.26. The Morgan fingerprint density at radius 2 is 1.93 bits per heavy atom. The van der Waals surface area contributed by atoms with Gasteiger partial charge in [-0.15, -0.1) is 24.0 Å². The highest BCUT2D eigenvalue weighted by molar-refractivity contribution is 14.0. The molecule has 0 radical (unpaired) electrons. The minimum atomic E-state index is -0.172. The van der Waals surface area contributed by atoms with Gasteiger partial charge in [-0.25, -0.2) is 0 Å². The molecule has 0 aromatic carbocycles. The van der Waals surface area contributed by atoms with Crippen LogP contribution in [0, 0.1) is 6.92 Å². The Morgan fingerprint density at radius 3 is 2.62 bits per heavy atom. The quantitative estimate of drug-likeness (QED) is 0.180. The summed E-state index contributed by atoms with van der Waals surface area (Å²) in [5.74, 6) is 1.02. The molecule has 29 heavy (non-hydrogen) atoms. The van der Waals surface area contributed by atoms with Crippen molar-refractivity contribution in [3.8, 4) is 0 Å². The Bertz CT molecular complexity index is 601. The number of ether oxygens (including phenoxy) is 1. The SMILES string of the molecule is CCNC(=NCCCNC(=O)c1occc1C)NCCCOC1CCCCC1.I. The predicted molar refractivity (Wildman–Crippen MR) is 127 cm³/mol. The van der Waals surface area contributed by atoms with Crippen LogP contribution < -0.4 is 16.0 Å². The summed E-state index contributed by atoms with van der Waals surface area (Å²) in [6.45, 7) is 7.58. The van der Waals surface area contributed by atoms with Crippen molar-refractivity contribution in [3.63, 3.8) is 0 Å². The van der Waals surface area contributed by atoms with Gasteiger partial charge in [0.25, 0.3) is 5.91 Å². The second-order valence-corrected chi connectivity index (χ2v) is 7.21. The third kappa shape index (κ3) is 10.3. The van der Waals surface area contributed by atoms with Crippen LogP contribution in [0.4, 0.5) is 0 Å². The summed E-state index contributed by atoms with van der Waals surface area (Å²) in [4.78, 5) is 16.5. The molecule has 1 fully saturated rings. The van der Waals surface area contributed by atoms with Crippen molar-refractivity contribution >= 4 is 35.8 Å². The molecule has 1 aromatic rings. The van der Waals surface area contributed by atoms with Crippen LogP contribution in [-0.2, 0) is 4.74 Å². The van der Waals surface area contributed by atoms with E-state index in [-0.39, 0.29) is 29.9 Å². The van der Waals surface area contributed by atoms with Gasteiger partial charge in [0.2, 0.25) is 0 Å². The average Bonchev–Trinajstić information content (AvgIpc) is 3.14. The van der Waals surface area contributed by atoms with Crippen molar-refractivity contribution < 1.29 is 13.9 Å². The standard InChI is InChI=1S/C21H36N4O3.HI/c1-3-22-21(25-14-8-15-27-18-9-5-4-6-10-18)24-13-7-12-23-20(26)19-17(2)11-16-28-19;/h11,16,18H,3-10,12-15H2,1-2H3,(H,23,26)(H2,22,24,25);1H. The zero-order chi connectivity index (χ0) is 20.0. The lowest BCUT2D eigenvalue weighted by atomic mass is 9.98. The number of nitrogens with one attached hydrogen (secondary N) is 3. The van der Waals surface area contributed by atoms with Gasteiger partial charge in [-0.3, -0.25) is 9.79 Å². The maximum Gasteiger partial charge on any atom is 0.287 e. The molecule has 166 valence electrons. The molecule has 8 heteroatoms. The van der Waals surface area contributed by atoms with E-state index in [1.807, 2.05) is 6.92 Å². The Kier molecular flexibility index (Phi) is 13.8. The Labute approximate surface area is 191 Å². The number of rotatable bonds is 11. The molecule has 3 N–H and O–H groups in total. The van der Waals surface area contributed by atoms with Crippen molar-refractivity contribution in [2.45, 2.75) is 64.9 Å². The van der Waals surface area contributed by atoms with E-state index in [4.69, 9.17) is 9.15 Å². The third-order valence-electron chi connectivity index (χ3n) is 4.82. The summed E-state index contributed by atoms with van der Waals surface area (Å²) in [6.07, 6.45) is 10.1. The topological polar surface area (TPSA) is 87.9 Å². The summed E-state index contributed by atoms with van der Waals surface area (Å²) < 4.78 is 11.1. The van der Waals surface area contributed by atoms with E-state index >= 15 is 0 Å². The molecule has 2 rings (SSSR count). The number of guanidine groups is 1. The van der Waals surface area contributed by atoms with Gasteiger partial charge in [-0.2, -0.15) is 0 Å². The minimum absolute atomic E-state index is 0. The van der Waals surface area contributed by atoms with Crippen LogP contribution in [-0.4, -0.2) is 50.8 Å². The van der Waals surface area contributed by atoms with Crippen LogP contribution >= 0.6 is 24.0 Å². The normalized spacial score (nSPS) is 14.9. The molecular weight excluding hydrogens is 483 g/mol. The number of furan rings is 1. The smallest absolute Gasteiger partial charge is 0.287 e. The van der Waals surface area contributed by atoms with E-state index in [0.717, 1.165) is 44.1 Å². The molecule has 7 nitrogen and oxygen atoms in total. The van der Waals surface area contributed by atoms with Gasteiger partial charge >= 0.3 is 0 Å². The zero-order valence-electron chi connectivity index (χ0n) is 17.8. The second kappa shape index (κ2) is 15.5. The summed E-state index contributed by atoms with van der Waals surface area (Å²) in [6, 6.07) is 1.79. The summed E-state index contributed by atoms with van der Waals surface area (Å²) in [5.41, 5.74) is 0.849. The van der Waals surface area contributed by atoms with E-state index < -0.39 is 0 Å². The van der Waals surface area contributed by atoms with Gasteiger partial charge in [0.05, 0.1) is 12.4 Å². The second-order valence-electron chi connectivity index (χ2n) is 7.21. The van der Waals surface area contributed by atoms with Crippen LogP contribution in [0.2, 0.25) is 0 Å². The monoisotopic (exact) mass is 520 g/mol. The molecule has 1 heterocycles. The molecule has 0 bridgehead atoms. The lowest BCUT2D eigenvalue weighted by Gasteiger charge is -2.22. The lowest BCUT2D eigenvalue weighted by Crippen LogP contribution is -2.38. The number of carbonyl (C=O) groups is 1. The number of halogens is 1. The molecule has 0 spiro atoms. The number of carbonyl (C=O) groups excluding carboxylic acids is 1. The first-order valence-electron chi connectivity index (χ1n) is 10.7. The molecule has 0 unspecified atom stereocenters. The van der Waals surface area contributed by atoms with Gasteiger partial charge in [0, 0.05) is 38.3 Å². The molecule has 1 amide bonds. The highest BCUT2D eigenvalue weighted by Crippen LogP contribution is 2.20. The van der Waals surface area contributed by atoms with E-state index in [9.17, 15) is 4.79 Å². The van der Waals surface area contributed by atoms with Crippen LogP contribution in [0.15, 0.2) is 21.7 Å². The first-order valence-corrected chi connectivity index (χ1v) is 10.7. The predicted octanol–water partition coefficient (Wildman–Crippen LogP) is 3.62. The Hall–Kier alpha value is -1.29. The molecular formula is C21H37IN4O3. The summed E-state index contributed by atoms with van der Waals surface area (Å²) in [5, 5.41) is 9.46. The van der Waals surface area contributed by atoms with Gasteiger partial charge < -0.3 is 25.1 Å². The highest BCUT2D eigenvalue weighted by Gasteiger charge is 2.13. The highest BCUT2D eigenvalue weighted by atomic mass is 127. The van der Waals surface area contributed by atoms with Crippen LogP contribution in [0.1, 0.15) is 68.0 Å². The number of aliphatic imine (C=N–C) groups is 1. The summed E-state index contributed by atoms with van der Waals surface area (Å²) >= 11 is 0. The van der Waals surface area contributed by atoms with Crippen LogP contribution in [0.25, 0.3) is 0 Å². The molecule has 1 aliphatic carbocycles. The van der Waals surface area contributed by atoms with Gasteiger partial charge in [-0.1, -0.05) is 19.3 Å². The van der Waals surface area contributed by atoms with Crippen LogP contribution in [0.5, 0.6) is 0 Å². The van der Waals surface area contributed by atoms with E-state index in [2.05, 4.69) is 27.9 Å². The van der Waals surface area contributed by atoms with Gasteiger partial charge in [-0.05, 0) is 45.6 Å². The van der Waals surface area contributed by atoms with Crippen LogP contribution in [0.3, 0.4) is 0 Å². The molecule has 0 saturated heterocycles. The number of aryl methyl sites for hydroxylation is 1. The van der Waals surface area contributed by atoms with E-state index in [1.54, 1.807) is 6.07 Å². The first-order chi connectivity index (χ1) is 13.7. The maximum absolute atomic E-state index is 12.0. The number of amides is 1. The Morgan fingerprint density at radius 1 is 1.17 bits per heavy atom. The molecule has 1 aromatic heterocycles. The number of nitrogens with zero attached hydrogens (tertiary/aromatic N) is 1. The van der Waals surface area contributed by atoms with E-state index in [1.165, 1.54) is 38.4 Å². The zero-order valence-corrected chi connectivity index (χ0v) is 20.1. The average molecular weight is 520 g/mol. The Balaban J connectivity index is 0.00000420. The first kappa shape index (κ1) is 25.7. The molecule has 0 atom stereocenters. The third-order valence-corrected chi connectivity index (χ3v) is 4.82. The fraction of sp³-hybridized carbons (Fsp3) is 0.714. The largest absolute Gasteiger partial charge is 0.459 e. The molecule has 0 aliphatic heterocycles. The summed E-state index contributed by atoms with van der Waals surface area (Å²) in [7, 11) is 0. The number of hydrogen-bond donors (Lipinski definition) is 3. The van der Waals surface area contributed by atoms with Gasteiger partial charge in [0.15, 0.2) is 11.7 Å². The molecule has 1 saturated carbocycles. The van der Waals surface area contributed by atoms with Crippen molar-refractivity contribution in [3.05, 3.63) is 23.7 Å². The fourth-order valence-corrected chi connectivity index (χ4v) is 3.26. The van der Waals surface area contributed by atoms with Gasteiger partial charge in [0.1, 0.15) is 0 Å².